The fraction of sp³-hybridized carbons (Fsp3) is 1.00. The van der Waals surface area contributed by atoms with Crippen LogP contribution in [0, 0.1) is 0 Å². The van der Waals surface area contributed by atoms with Gasteiger partial charge in [0.1, 0.15) is 0 Å². The van der Waals surface area contributed by atoms with E-state index in [9.17, 15) is 0 Å². The Labute approximate surface area is 164 Å². The SMILES string of the molecule is CCC[CH2][Sn]1([O]C)[O][Sn]([CH2]CCC)([O]C)[O][Sn]([CH2]CCC)([O]C)[O]1. The average Bonchev–Trinajstić information content (AvgIpc) is 2.63. The van der Waals surface area contributed by atoms with E-state index in [4.69, 9.17) is 13.5 Å². The zero-order chi connectivity index (χ0) is 18.1. The van der Waals surface area contributed by atoms with Gasteiger partial charge in [0.15, 0.2) is 0 Å². The molecule has 0 spiro atoms. The molecule has 6 nitrogen and oxygen atoms in total. The molecule has 0 unspecified atom stereocenters. The van der Waals surface area contributed by atoms with Gasteiger partial charge in [0, 0.05) is 0 Å². The van der Waals surface area contributed by atoms with Gasteiger partial charge >= 0.3 is 166 Å². The fourth-order valence-electron chi connectivity index (χ4n) is 2.82. The van der Waals surface area contributed by atoms with E-state index in [2.05, 4.69) is 20.8 Å². The van der Waals surface area contributed by atoms with Crippen LogP contribution in [0.5, 0.6) is 0 Å². The van der Waals surface area contributed by atoms with E-state index >= 15 is 0 Å². The van der Waals surface area contributed by atoms with Crippen LogP contribution in [0.25, 0.3) is 0 Å². The van der Waals surface area contributed by atoms with Crippen molar-refractivity contribution in [2.75, 3.05) is 21.3 Å². The molecule has 9 heteroatoms. The van der Waals surface area contributed by atoms with Gasteiger partial charge in [-0.2, -0.15) is 0 Å². The minimum atomic E-state index is -3.66. The van der Waals surface area contributed by atoms with Crippen molar-refractivity contribution in [3.05, 3.63) is 0 Å². The second kappa shape index (κ2) is 11.9. The summed E-state index contributed by atoms with van der Waals surface area (Å²) in [6.45, 7) is 6.55. The maximum atomic E-state index is 6.60. The molecule has 0 amide bonds. The van der Waals surface area contributed by atoms with E-state index in [1.54, 1.807) is 21.3 Å². The van der Waals surface area contributed by atoms with Crippen LogP contribution in [0.15, 0.2) is 0 Å². The van der Waals surface area contributed by atoms with Crippen LogP contribution in [-0.4, -0.2) is 80.2 Å². The molecular formula is C15H36O6Sn3. The van der Waals surface area contributed by atoms with Gasteiger partial charge in [-0.1, -0.05) is 0 Å². The van der Waals surface area contributed by atoms with Gasteiger partial charge in [-0.25, -0.2) is 0 Å². The van der Waals surface area contributed by atoms with Crippen LogP contribution >= 0.6 is 0 Å². The van der Waals surface area contributed by atoms with E-state index in [0.717, 1.165) is 51.8 Å². The Hall–Kier alpha value is 2.16. The molecule has 0 aromatic carbocycles. The van der Waals surface area contributed by atoms with Gasteiger partial charge in [-0.05, 0) is 0 Å². The van der Waals surface area contributed by atoms with Crippen molar-refractivity contribution in [1.82, 2.24) is 0 Å². The summed E-state index contributed by atoms with van der Waals surface area (Å²) >= 11 is -11.0. The van der Waals surface area contributed by atoms with Crippen molar-refractivity contribution in [3.63, 3.8) is 0 Å². The normalized spacial score (nSPS) is 33.8. The summed E-state index contributed by atoms with van der Waals surface area (Å²) in [4.78, 5) is 0. The molecule has 1 rings (SSSR count). The van der Waals surface area contributed by atoms with Crippen molar-refractivity contribution >= 4 is 58.9 Å². The first-order valence-corrected chi connectivity index (χ1v) is 25.8. The van der Waals surface area contributed by atoms with Gasteiger partial charge < -0.3 is 0 Å². The number of hydrogen-bond acceptors (Lipinski definition) is 6. The predicted molar refractivity (Wildman–Crippen MR) is 101 cm³/mol. The van der Waals surface area contributed by atoms with Gasteiger partial charge in [0.2, 0.25) is 0 Å². The van der Waals surface area contributed by atoms with Crippen LogP contribution in [0.3, 0.4) is 0 Å². The Bertz CT molecular complexity index is 300. The van der Waals surface area contributed by atoms with Gasteiger partial charge in [0.25, 0.3) is 0 Å². The van der Waals surface area contributed by atoms with Gasteiger partial charge in [-0.3, -0.25) is 0 Å². The second-order valence-corrected chi connectivity index (χ2v) is 39.2. The van der Waals surface area contributed by atoms with Crippen molar-refractivity contribution in [1.29, 1.82) is 0 Å². The number of hydrogen-bond donors (Lipinski definition) is 0. The van der Waals surface area contributed by atoms with Gasteiger partial charge in [-0.15, -0.1) is 0 Å². The first kappa shape index (κ1) is 24.2. The van der Waals surface area contributed by atoms with Crippen LogP contribution in [0.4, 0.5) is 0 Å². The van der Waals surface area contributed by atoms with E-state index in [1.807, 2.05) is 0 Å². The molecule has 1 saturated heterocycles. The van der Waals surface area contributed by atoms with Crippen LogP contribution in [0.2, 0.25) is 13.3 Å². The van der Waals surface area contributed by atoms with E-state index in [0.29, 0.717) is 0 Å². The monoisotopic (exact) mass is 672 g/mol. The number of unbranched alkanes of at least 4 members (excludes halogenated alkanes) is 3. The van der Waals surface area contributed by atoms with Crippen molar-refractivity contribution in [3.8, 4) is 0 Å². The molecule has 0 atom stereocenters. The summed E-state index contributed by atoms with van der Waals surface area (Å²) in [6.07, 6.45) is 6.48. The molecule has 0 radical (unpaired) electrons. The molecular weight excluding hydrogens is 632 g/mol. The predicted octanol–water partition coefficient (Wildman–Crippen LogP) is 4.21. The van der Waals surface area contributed by atoms with Crippen LogP contribution in [-0.2, 0) is 13.5 Å². The molecule has 24 heavy (non-hydrogen) atoms. The summed E-state index contributed by atoms with van der Waals surface area (Å²) in [5, 5.41) is 0. The van der Waals surface area contributed by atoms with E-state index in [1.165, 1.54) is 0 Å². The van der Waals surface area contributed by atoms with Crippen molar-refractivity contribution < 1.29 is 13.5 Å². The third-order valence-corrected chi connectivity index (χ3v) is 59.0. The molecule has 1 aliphatic rings. The maximum absolute atomic E-state index is 6.60. The molecule has 0 aromatic heterocycles. The summed E-state index contributed by atoms with van der Waals surface area (Å²) in [5.74, 6) is 0. The Balaban J connectivity index is 3.15. The Morgan fingerprint density at radius 3 is 0.958 bits per heavy atom. The topological polar surface area (TPSA) is 55.4 Å². The summed E-state index contributed by atoms with van der Waals surface area (Å²) in [7, 11) is 5.24. The Morgan fingerprint density at radius 2 is 0.792 bits per heavy atom. The molecule has 0 N–H and O–H groups in total. The van der Waals surface area contributed by atoms with Crippen molar-refractivity contribution in [2.24, 2.45) is 0 Å². The zero-order valence-corrected chi connectivity index (χ0v) is 24.9. The minimum absolute atomic E-state index is 0.896. The second-order valence-electron chi connectivity index (χ2n) is 6.28. The zero-order valence-electron chi connectivity index (χ0n) is 16.3. The molecule has 1 fully saturated rings. The summed E-state index contributed by atoms with van der Waals surface area (Å²) < 4.78 is 40.5. The Morgan fingerprint density at radius 1 is 0.542 bits per heavy atom. The van der Waals surface area contributed by atoms with Gasteiger partial charge in [0.05, 0.1) is 0 Å². The molecule has 144 valence electrons. The summed E-state index contributed by atoms with van der Waals surface area (Å²) in [6, 6.07) is 0. The number of rotatable bonds is 12. The molecule has 1 heterocycles. The molecule has 0 aliphatic carbocycles. The third kappa shape index (κ3) is 6.64. The van der Waals surface area contributed by atoms with Crippen LogP contribution < -0.4 is 0 Å². The summed E-state index contributed by atoms with van der Waals surface area (Å²) in [5.41, 5.74) is 0. The molecule has 0 saturated carbocycles. The quantitative estimate of drug-likeness (QED) is 0.291. The first-order valence-electron chi connectivity index (χ1n) is 9.24. The fourth-order valence-corrected chi connectivity index (χ4v) is 85.8. The standard InChI is InChI=1S/3C4H9.3CH3O.3O.3Sn/c3*1-3-4-2;3*1-2;;;;;;/h3*1,3-4H2,2H3;3*1H3;;;;;;/q;;;3*-1;;;;3*+1. The van der Waals surface area contributed by atoms with E-state index < -0.39 is 58.9 Å². The molecule has 0 bridgehead atoms. The van der Waals surface area contributed by atoms with E-state index in [-0.39, 0.29) is 0 Å². The average molecular weight is 669 g/mol. The third-order valence-electron chi connectivity index (χ3n) is 4.38. The van der Waals surface area contributed by atoms with Crippen molar-refractivity contribution in [2.45, 2.75) is 72.6 Å². The first-order chi connectivity index (χ1) is 11.5. The Kier molecular flexibility index (Phi) is 12.0. The molecule has 1 aliphatic heterocycles. The molecule has 0 aromatic rings. The van der Waals surface area contributed by atoms with Crippen LogP contribution in [0.1, 0.15) is 59.3 Å².